The van der Waals surface area contributed by atoms with Crippen molar-refractivity contribution in [2.75, 3.05) is 14.2 Å². The van der Waals surface area contributed by atoms with Gasteiger partial charge in [0, 0.05) is 9.86 Å². The highest BCUT2D eigenvalue weighted by molar-refractivity contribution is 9.10. The summed E-state index contributed by atoms with van der Waals surface area (Å²) in [5.74, 6) is -1.53. The predicted molar refractivity (Wildman–Crippen MR) is 98.3 cm³/mol. The Labute approximate surface area is 156 Å². The zero-order chi connectivity index (χ0) is 18.8. The van der Waals surface area contributed by atoms with Crippen molar-refractivity contribution in [3.05, 3.63) is 68.5 Å². The van der Waals surface area contributed by atoms with Crippen LogP contribution in [0.4, 0.5) is 0 Å². The summed E-state index contributed by atoms with van der Waals surface area (Å²) < 4.78 is 15.7. The molecule has 0 spiro atoms. The number of carbonyl (C=O) groups excluding carboxylic acids is 2. The Morgan fingerprint density at radius 2 is 1.62 bits per heavy atom. The molecular formula is C19H13BrO6. The van der Waals surface area contributed by atoms with E-state index < -0.39 is 17.6 Å². The van der Waals surface area contributed by atoms with Crippen molar-refractivity contribution in [1.82, 2.24) is 0 Å². The van der Waals surface area contributed by atoms with Gasteiger partial charge in [-0.05, 0) is 29.8 Å². The van der Waals surface area contributed by atoms with Crippen molar-refractivity contribution in [1.29, 1.82) is 0 Å². The molecule has 0 amide bonds. The molecule has 0 saturated heterocycles. The van der Waals surface area contributed by atoms with E-state index in [1.807, 2.05) is 0 Å². The van der Waals surface area contributed by atoms with Crippen LogP contribution >= 0.6 is 15.9 Å². The normalized spacial score (nSPS) is 10.6. The quantitative estimate of drug-likeness (QED) is 0.476. The van der Waals surface area contributed by atoms with Crippen molar-refractivity contribution in [3.63, 3.8) is 0 Å². The van der Waals surface area contributed by atoms with E-state index in [9.17, 15) is 14.4 Å². The Kier molecular flexibility index (Phi) is 4.90. The van der Waals surface area contributed by atoms with Gasteiger partial charge >= 0.3 is 17.6 Å². The maximum absolute atomic E-state index is 12.5. The summed E-state index contributed by atoms with van der Waals surface area (Å²) >= 11 is 3.34. The van der Waals surface area contributed by atoms with Crippen LogP contribution in [-0.4, -0.2) is 26.2 Å². The van der Waals surface area contributed by atoms with Crippen LogP contribution in [-0.2, 0) is 9.47 Å². The first-order chi connectivity index (χ1) is 12.5. The van der Waals surface area contributed by atoms with Gasteiger partial charge in [-0.15, -0.1) is 0 Å². The summed E-state index contributed by atoms with van der Waals surface area (Å²) in [6.45, 7) is 0. The van der Waals surface area contributed by atoms with Crippen LogP contribution in [0.3, 0.4) is 0 Å². The van der Waals surface area contributed by atoms with E-state index in [-0.39, 0.29) is 16.7 Å². The highest BCUT2D eigenvalue weighted by atomic mass is 79.9. The van der Waals surface area contributed by atoms with Crippen molar-refractivity contribution in [2.45, 2.75) is 0 Å². The summed E-state index contributed by atoms with van der Waals surface area (Å²) in [6.07, 6.45) is 0. The second-order valence-corrected chi connectivity index (χ2v) is 6.26. The lowest BCUT2D eigenvalue weighted by Gasteiger charge is -2.10. The average molecular weight is 417 g/mol. The molecule has 0 N–H and O–H groups in total. The van der Waals surface area contributed by atoms with Crippen LogP contribution in [0.15, 0.2) is 56.1 Å². The lowest BCUT2D eigenvalue weighted by Crippen LogP contribution is -2.14. The van der Waals surface area contributed by atoms with Gasteiger partial charge in [0.15, 0.2) is 5.58 Å². The van der Waals surface area contributed by atoms with Gasteiger partial charge in [-0.3, -0.25) is 0 Å². The van der Waals surface area contributed by atoms with Gasteiger partial charge < -0.3 is 13.9 Å². The predicted octanol–water partition coefficient (Wildman–Crippen LogP) is 3.80. The second-order valence-electron chi connectivity index (χ2n) is 5.34. The molecule has 0 radical (unpaired) electrons. The lowest BCUT2D eigenvalue weighted by atomic mass is 10.0. The van der Waals surface area contributed by atoms with E-state index in [4.69, 9.17) is 9.15 Å². The van der Waals surface area contributed by atoms with Gasteiger partial charge in [0.2, 0.25) is 0 Å². The maximum Gasteiger partial charge on any atom is 0.344 e. The largest absolute Gasteiger partial charge is 0.465 e. The number of rotatable bonds is 3. The monoisotopic (exact) mass is 416 g/mol. The summed E-state index contributed by atoms with van der Waals surface area (Å²) in [4.78, 5) is 36.6. The topological polar surface area (TPSA) is 82.8 Å². The van der Waals surface area contributed by atoms with Crippen molar-refractivity contribution in [2.24, 2.45) is 0 Å². The minimum Gasteiger partial charge on any atom is -0.465 e. The SMILES string of the molecule is COC(=O)c1ccc2cc(-c3ccc(Br)cc3)c(=O)oc2c1C(=O)OC. The van der Waals surface area contributed by atoms with Crippen LogP contribution in [0.25, 0.3) is 22.1 Å². The number of benzene rings is 2. The second kappa shape index (κ2) is 7.13. The third-order valence-electron chi connectivity index (χ3n) is 3.85. The molecule has 26 heavy (non-hydrogen) atoms. The van der Waals surface area contributed by atoms with E-state index >= 15 is 0 Å². The number of ether oxygens (including phenoxy) is 2. The van der Waals surface area contributed by atoms with Crippen LogP contribution in [0.1, 0.15) is 20.7 Å². The molecule has 3 aromatic rings. The van der Waals surface area contributed by atoms with Crippen LogP contribution in [0.2, 0.25) is 0 Å². The average Bonchev–Trinajstić information content (AvgIpc) is 2.66. The van der Waals surface area contributed by atoms with E-state index in [1.54, 1.807) is 36.4 Å². The molecule has 0 bridgehead atoms. The van der Waals surface area contributed by atoms with Crippen molar-refractivity contribution < 1.29 is 23.5 Å². The molecule has 132 valence electrons. The van der Waals surface area contributed by atoms with Crippen molar-refractivity contribution in [3.8, 4) is 11.1 Å². The number of methoxy groups -OCH3 is 2. The molecular weight excluding hydrogens is 404 g/mol. The number of hydrogen-bond acceptors (Lipinski definition) is 6. The van der Waals surface area contributed by atoms with Crippen LogP contribution < -0.4 is 5.63 Å². The van der Waals surface area contributed by atoms with Gasteiger partial charge in [0.05, 0.1) is 25.3 Å². The summed E-state index contributed by atoms with van der Waals surface area (Å²) in [6, 6.07) is 11.8. The molecule has 1 aromatic heterocycles. The van der Waals surface area contributed by atoms with Gasteiger partial charge in [-0.1, -0.05) is 34.1 Å². The third-order valence-corrected chi connectivity index (χ3v) is 4.38. The number of fused-ring (bicyclic) bond motifs is 1. The first-order valence-corrected chi connectivity index (χ1v) is 8.29. The number of carbonyl (C=O) groups is 2. The highest BCUT2D eigenvalue weighted by Crippen LogP contribution is 2.27. The Morgan fingerprint density at radius 3 is 2.23 bits per heavy atom. The fraction of sp³-hybridized carbons (Fsp3) is 0.105. The molecule has 0 aliphatic heterocycles. The standard InChI is InChI=1S/C19H13BrO6/c1-24-17(21)13-8-5-11-9-14(10-3-6-12(20)7-4-10)18(22)26-16(11)15(13)19(23)25-2/h3-9H,1-2H3. The molecule has 6 nitrogen and oxygen atoms in total. The lowest BCUT2D eigenvalue weighted by molar-refractivity contribution is 0.0556. The van der Waals surface area contributed by atoms with Gasteiger partial charge in [0.1, 0.15) is 5.56 Å². The Morgan fingerprint density at radius 1 is 0.962 bits per heavy atom. The molecule has 7 heteroatoms. The molecule has 0 aliphatic carbocycles. The summed E-state index contributed by atoms with van der Waals surface area (Å²) in [7, 11) is 2.37. The number of halogens is 1. The van der Waals surface area contributed by atoms with E-state index in [0.717, 1.165) is 4.47 Å². The smallest absolute Gasteiger partial charge is 0.344 e. The van der Waals surface area contributed by atoms with Gasteiger partial charge in [-0.25, -0.2) is 14.4 Å². The van der Waals surface area contributed by atoms with E-state index in [0.29, 0.717) is 16.5 Å². The zero-order valence-electron chi connectivity index (χ0n) is 13.9. The first kappa shape index (κ1) is 17.9. The zero-order valence-corrected chi connectivity index (χ0v) is 15.5. The first-order valence-electron chi connectivity index (χ1n) is 7.49. The third kappa shape index (κ3) is 3.13. The summed E-state index contributed by atoms with van der Waals surface area (Å²) in [5.41, 5.74) is 0.174. The van der Waals surface area contributed by atoms with Crippen LogP contribution in [0, 0.1) is 0 Å². The van der Waals surface area contributed by atoms with E-state index in [1.165, 1.54) is 20.3 Å². The number of hydrogen-bond donors (Lipinski definition) is 0. The van der Waals surface area contributed by atoms with Crippen molar-refractivity contribution >= 4 is 38.8 Å². The minimum atomic E-state index is -0.796. The molecule has 1 heterocycles. The Bertz CT molecular complexity index is 1070. The fourth-order valence-electron chi connectivity index (χ4n) is 2.60. The molecule has 0 unspecified atom stereocenters. The van der Waals surface area contributed by atoms with E-state index in [2.05, 4.69) is 20.7 Å². The Hall–Kier alpha value is -2.93. The molecule has 3 rings (SSSR count). The Balaban J connectivity index is 2.30. The molecule has 0 atom stereocenters. The molecule has 0 fully saturated rings. The minimum absolute atomic E-state index is 0.0226. The molecule has 0 aliphatic rings. The van der Waals surface area contributed by atoms with Crippen LogP contribution in [0.5, 0.6) is 0 Å². The summed E-state index contributed by atoms with van der Waals surface area (Å²) in [5, 5.41) is 0.482. The molecule has 0 saturated carbocycles. The highest BCUT2D eigenvalue weighted by Gasteiger charge is 2.24. The fourth-order valence-corrected chi connectivity index (χ4v) is 2.86. The van der Waals surface area contributed by atoms with Gasteiger partial charge in [0.25, 0.3) is 0 Å². The molecule has 2 aromatic carbocycles. The van der Waals surface area contributed by atoms with Gasteiger partial charge in [-0.2, -0.15) is 0 Å². The number of esters is 2. The maximum atomic E-state index is 12.5.